The Bertz CT molecular complexity index is 1030. The third kappa shape index (κ3) is 4.52. The number of aromatic nitrogens is 1. The number of sulfone groups is 1. The molecule has 140 valence electrons. The molecule has 0 aliphatic rings. The quantitative estimate of drug-likeness (QED) is 0.339. The van der Waals surface area contributed by atoms with Crippen LogP contribution in [-0.4, -0.2) is 25.9 Å². The van der Waals surface area contributed by atoms with Crippen LogP contribution in [0.3, 0.4) is 0 Å². The summed E-state index contributed by atoms with van der Waals surface area (Å²) in [6.07, 6.45) is 2.05. The first-order valence-electron chi connectivity index (χ1n) is 7.84. The van der Waals surface area contributed by atoms with Gasteiger partial charge in [0.2, 0.25) is 9.84 Å². The molecule has 3 rings (SSSR count). The topological polar surface area (TPSA) is 93.8 Å². The molecule has 0 fully saturated rings. The smallest absolute Gasteiger partial charge is 0.299 e. The van der Waals surface area contributed by atoms with Crippen molar-refractivity contribution in [3.05, 3.63) is 66.9 Å². The maximum atomic E-state index is 12.2. The van der Waals surface area contributed by atoms with Crippen molar-refractivity contribution in [1.82, 2.24) is 5.16 Å². The second kappa shape index (κ2) is 9.07. The predicted octanol–water partition coefficient (Wildman–Crippen LogP) is -0.893. The van der Waals surface area contributed by atoms with Gasteiger partial charge in [0.05, 0.1) is 10.5 Å². The summed E-state index contributed by atoms with van der Waals surface area (Å²) in [5.41, 5.74) is 3.05. The van der Waals surface area contributed by atoms with E-state index in [9.17, 15) is 13.2 Å². The third-order valence-electron chi connectivity index (χ3n) is 3.87. The minimum absolute atomic E-state index is 0. The van der Waals surface area contributed by atoms with Gasteiger partial charge in [0.15, 0.2) is 11.6 Å². The number of hydrogen-bond donors (Lipinski definition) is 1. The lowest BCUT2D eigenvalue weighted by Crippen LogP contribution is -3.00. The molecule has 0 radical (unpaired) electrons. The number of carbonyl (C=O) groups excluding carboxylic acids is 1. The fourth-order valence-electron chi connectivity index (χ4n) is 2.61. The van der Waals surface area contributed by atoms with Crippen molar-refractivity contribution >= 4 is 22.3 Å². The van der Waals surface area contributed by atoms with Gasteiger partial charge >= 0.3 is 0 Å². The summed E-state index contributed by atoms with van der Waals surface area (Å²) in [7, 11) is -3.53. The molecule has 27 heavy (non-hydrogen) atoms. The van der Waals surface area contributed by atoms with Crippen molar-refractivity contribution in [3.63, 3.8) is 0 Å². The highest BCUT2D eigenvalue weighted by Crippen LogP contribution is 2.35. The van der Waals surface area contributed by atoms with E-state index < -0.39 is 9.84 Å². The molecule has 0 unspecified atom stereocenters. The van der Waals surface area contributed by atoms with Crippen LogP contribution in [0.4, 0.5) is 0 Å². The molecule has 0 bridgehead atoms. The molecule has 0 aliphatic heterocycles. The van der Waals surface area contributed by atoms with E-state index in [0.29, 0.717) is 17.9 Å². The molecule has 1 heterocycles. The lowest BCUT2D eigenvalue weighted by atomic mass is 9.99. The van der Waals surface area contributed by atoms with E-state index in [-0.39, 0.29) is 34.7 Å². The van der Waals surface area contributed by atoms with Gasteiger partial charge in [-0.2, -0.15) is 0 Å². The summed E-state index contributed by atoms with van der Waals surface area (Å²) in [6.45, 7) is 3.75. The zero-order valence-electron chi connectivity index (χ0n) is 14.2. The number of halogens is 1. The normalized spacial score (nSPS) is 10.8. The first-order valence-corrected chi connectivity index (χ1v) is 9.49. The number of amides is 1. The summed E-state index contributed by atoms with van der Waals surface area (Å²) in [5, 5.41) is 5.21. The van der Waals surface area contributed by atoms with Crippen LogP contribution >= 0.6 is 0 Å². The van der Waals surface area contributed by atoms with E-state index in [1.165, 1.54) is 12.1 Å². The van der Waals surface area contributed by atoms with Crippen molar-refractivity contribution in [2.24, 2.45) is 0 Å². The Morgan fingerprint density at radius 3 is 2.30 bits per heavy atom. The number of hydrogen-bond acceptors (Lipinski definition) is 5. The molecule has 6 nitrogen and oxygen atoms in total. The van der Waals surface area contributed by atoms with Crippen LogP contribution in [0.2, 0.25) is 0 Å². The van der Waals surface area contributed by atoms with Crippen LogP contribution in [0.5, 0.6) is 0 Å². The van der Waals surface area contributed by atoms with Gasteiger partial charge in [0, 0.05) is 5.56 Å². The van der Waals surface area contributed by atoms with Gasteiger partial charge in [-0.05, 0) is 23.8 Å². The zero-order valence-corrected chi connectivity index (χ0v) is 17.2. The van der Waals surface area contributed by atoms with Gasteiger partial charge in [-0.25, -0.2) is 13.2 Å². The van der Waals surface area contributed by atoms with Gasteiger partial charge < -0.3 is 28.5 Å². The molecular weight excluding hydrogens is 479 g/mol. The molecule has 2 N–H and O–H groups in total. The van der Waals surface area contributed by atoms with Crippen LogP contribution in [-0.2, 0) is 14.6 Å². The number of benzene rings is 2. The monoisotopic (exact) mass is 496 g/mol. The van der Waals surface area contributed by atoms with E-state index in [2.05, 4.69) is 11.7 Å². The highest BCUT2D eigenvalue weighted by Gasteiger charge is 2.20. The molecule has 0 spiro atoms. The van der Waals surface area contributed by atoms with Crippen molar-refractivity contribution in [1.29, 1.82) is 0 Å². The minimum atomic E-state index is -3.53. The summed E-state index contributed by atoms with van der Waals surface area (Å²) in [4.78, 5) is 10.5. The number of quaternary nitrogens is 1. The number of primary amides is 1. The molecule has 0 atom stereocenters. The highest BCUT2D eigenvalue weighted by molar-refractivity contribution is 7.91. The zero-order chi connectivity index (χ0) is 18.6. The number of nitrogens with zero attached hydrogens (tertiary/aromatic N) is 1. The van der Waals surface area contributed by atoms with Crippen LogP contribution < -0.4 is 29.3 Å². The Labute approximate surface area is 174 Å². The second-order valence-corrected chi connectivity index (χ2v) is 7.55. The molecule has 0 aliphatic carbocycles. The summed E-state index contributed by atoms with van der Waals surface area (Å²) >= 11 is 0. The maximum absolute atomic E-state index is 12.2. The Hall–Kier alpha value is -2.30. The first-order chi connectivity index (χ1) is 12.6. The number of carbonyl (C=O) groups is 1. The fraction of sp³-hybridized carbons (Fsp3) is 0.0526. The van der Waals surface area contributed by atoms with Gasteiger partial charge in [0.25, 0.3) is 6.41 Å². The van der Waals surface area contributed by atoms with Crippen molar-refractivity contribution in [2.75, 3.05) is 5.88 Å². The largest absolute Gasteiger partial charge is 1.00 e. The molecule has 0 saturated carbocycles. The van der Waals surface area contributed by atoms with E-state index in [4.69, 9.17) is 4.52 Å². The van der Waals surface area contributed by atoms with Gasteiger partial charge in [-0.3, -0.25) is 5.32 Å². The summed E-state index contributed by atoms with van der Waals surface area (Å²) < 4.78 is 29.7. The first kappa shape index (κ1) is 21.0. The molecule has 3 aromatic rings. The van der Waals surface area contributed by atoms with Crippen LogP contribution in [0.15, 0.2) is 70.6 Å². The average molecular weight is 496 g/mol. The second-order valence-electron chi connectivity index (χ2n) is 5.52. The molecular formula is C19H17IN2O4S. The van der Waals surface area contributed by atoms with E-state index in [1.807, 2.05) is 30.3 Å². The standard InChI is InChI=1S/C19H16N2O4S.HI/c1-2-17-18(19(21-25-17)15-6-4-3-5-7-15)14-8-10-16(11-9-14)26(23,24)13-20-12-22;/h2-12H,1,13H2,(H,20,22);1H. The van der Waals surface area contributed by atoms with E-state index in [0.717, 1.165) is 22.0 Å². The van der Waals surface area contributed by atoms with Crippen LogP contribution in [0.25, 0.3) is 28.5 Å². The van der Waals surface area contributed by atoms with E-state index >= 15 is 0 Å². The predicted molar refractivity (Wildman–Crippen MR) is 97.5 cm³/mol. The molecule has 2 aromatic carbocycles. The van der Waals surface area contributed by atoms with Crippen LogP contribution in [0, 0.1) is 0 Å². The Morgan fingerprint density at radius 2 is 1.70 bits per heavy atom. The Morgan fingerprint density at radius 1 is 1.04 bits per heavy atom. The third-order valence-corrected chi connectivity index (χ3v) is 5.49. The highest BCUT2D eigenvalue weighted by atomic mass is 127. The number of rotatable bonds is 7. The van der Waals surface area contributed by atoms with Crippen LogP contribution in [0.1, 0.15) is 5.76 Å². The fourth-order valence-corrected chi connectivity index (χ4v) is 3.68. The number of nitrogens with two attached hydrogens (primary N) is 1. The Balaban J connectivity index is 0.00000261. The van der Waals surface area contributed by atoms with Crippen molar-refractivity contribution < 1.29 is 47.0 Å². The lowest BCUT2D eigenvalue weighted by Gasteiger charge is -2.05. The van der Waals surface area contributed by atoms with Crippen molar-refractivity contribution in [2.45, 2.75) is 4.90 Å². The molecule has 1 amide bonds. The maximum Gasteiger partial charge on any atom is 0.299 e. The summed E-state index contributed by atoms with van der Waals surface area (Å²) in [6, 6.07) is 16.0. The van der Waals surface area contributed by atoms with E-state index in [1.54, 1.807) is 18.2 Å². The molecule has 8 heteroatoms. The molecule has 0 saturated heterocycles. The van der Waals surface area contributed by atoms with Crippen molar-refractivity contribution in [3.8, 4) is 22.4 Å². The van der Waals surface area contributed by atoms with Gasteiger partial charge in [-0.1, -0.05) is 54.2 Å². The summed E-state index contributed by atoms with van der Waals surface area (Å²) in [5.74, 6) is 0.185. The lowest BCUT2D eigenvalue weighted by molar-refractivity contribution is -0.535. The average Bonchev–Trinajstić information content (AvgIpc) is 3.11. The van der Waals surface area contributed by atoms with Gasteiger partial charge in [0.1, 0.15) is 5.69 Å². The minimum Gasteiger partial charge on any atom is -1.00 e. The Kier molecular flexibility index (Phi) is 7.05. The van der Waals surface area contributed by atoms with Gasteiger partial charge in [-0.15, -0.1) is 0 Å². The molecule has 1 aromatic heterocycles. The SMILES string of the molecule is C=Cc1onc(-c2ccccc2)c1-c1ccc(S(=O)(=O)C[NH2+]C=O)cc1.[I-].